The van der Waals surface area contributed by atoms with Crippen LogP contribution in [0.15, 0.2) is 0 Å². The summed E-state index contributed by atoms with van der Waals surface area (Å²) in [6.07, 6.45) is 0. The molecule has 0 unspecified atom stereocenters. The largest absolute Gasteiger partial charge is 0.464 e. The second-order valence-electron chi connectivity index (χ2n) is 2.81. The topological polar surface area (TPSA) is 55.4 Å². The molecule has 0 saturated heterocycles. The molecule has 0 radical (unpaired) electrons. The summed E-state index contributed by atoms with van der Waals surface area (Å²) in [7, 11) is 0. The van der Waals surface area contributed by atoms with Crippen LogP contribution in [0.2, 0.25) is 0 Å². The van der Waals surface area contributed by atoms with E-state index in [1.165, 1.54) is 6.92 Å². The van der Waals surface area contributed by atoms with Gasteiger partial charge in [0.15, 0.2) is 0 Å². The van der Waals surface area contributed by atoms with Gasteiger partial charge in [-0.1, -0.05) is 13.8 Å². The van der Waals surface area contributed by atoms with Gasteiger partial charge >= 0.3 is 5.97 Å². The number of carbonyl (C=O) groups excluding carboxylic acids is 2. The van der Waals surface area contributed by atoms with E-state index in [4.69, 9.17) is 4.74 Å². The van der Waals surface area contributed by atoms with Gasteiger partial charge in [0, 0.05) is 6.92 Å². The summed E-state index contributed by atoms with van der Waals surface area (Å²) in [5.41, 5.74) is 0. The maximum absolute atomic E-state index is 10.9. The summed E-state index contributed by atoms with van der Waals surface area (Å²) in [6.45, 7) is 5.58. The Morgan fingerprint density at radius 3 is 2.42 bits per heavy atom. The lowest BCUT2D eigenvalue weighted by atomic mass is 10.2. The van der Waals surface area contributed by atoms with Crippen molar-refractivity contribution >= 4 is 11.9 Å². The van der Waals surface area contributed by atoms with Crippen LogP contribution in [0.3, 0.4) is 0 Å². The van der Waals surface area contributed by atoms with Gasteiger partial charge in [-0.2, -0.15) is 0 Å². The molecular formula is C8H15NO3. The third-order valence-electron chi connectivity index (χ3n) is 1.19. The molecule has 70 valence electrons. The first-order chi connectivity index (χ1) is 5.54. The highest BCUT2D eigenvalue weighted by atomic mass is 16.5. The Morgan fingerprint density at radius 2 is 2.00 bits per heavy atom. The van der Waals surface area contributed by atoms with Gasteiger partial charge in [-0.05, 0) is 0 Å². The Bertz CT molecular complexity index is 166. The predicted molar refractivity (Wildman–Crippen MR) is 44.5 cm³/mol. The summed E-state index contributed by atoms with van der Waals surface area (Å²) >= 11 is 0. The third kappa shape index (κ3) is 5.70. The van der Waals surface area contributed by atoms with E-state index in [1.807, 2.05) is 0 Å². The fourth-order valence-corrected chi connectivity index (χ4v) is 0.545. The second-order valence-corrected chi connectivity index (χ2v) is 2.81. The zero-order valence-electron chi connectivity index (χ0n) is 7.72. The van der Waals surface area contributed by atoms with E-state index in [0.29, 0.717) is 6.54 Å². The zero-order valence-corrected chi connectivity index (χ0v) is 7.72. The van der Waals surface area contributed by atoms with Gasteiger partial charge in [0.1, 0.15) is 6.61 Å². The van der Waals surface area contributed by atoms with Crippen LogP contribution >= 0.6 is 0 Å². The molecule has 0 bridgehead atoms. The minimum absolute atomic E-state index is 0.109. The van der Waals surface area contributed by atoms with Crippen LogP contribution in [0.1, 0.15) is 20.8 Å². The summed E-state index contributed by atoms with van der Waals surface area (Å²) < 4.78 is 4.80. The third-order valence-corrected chi connectivity index (χ3v) is 1.19. The van der Waals surface area contributed by atoms with E-state index < -0.39 is 0 Å². The number of hydrogen-bond donors (Lipinski definition) is 1. The van der Waals surface area contributed by atoms with Crippen LogP contribution in [0, 0.1) is 5.92 Å². The van der Waals surface area contributed by atoms with Gasteiger partial charge in [0.25, 0.3) is 0 Å². The normalized spacial score (nSPS) is 9.67. The number of ether oxygens (including phenoxy) is 1. The maximum Gasteiger partial charge on any atom is 0.308 e. The standard InChI is InChI=1S/C8H15NO3/c1-6(2)8(11)12-5-4-9-7(3)10/h6H,4-5H2,1-3H3,(H,9,10). The van der Waals surface area contributed by atoms with E-state index in [0.717, 1.165) is 0 Å². The van der Waals surface area contributed by atoms with Crippen LogP contribution in [-0.2, 0) is 14.3 Å². The molecule has 0 heterocycles. The van der Waals surface area contributed by atoms with Crippen molar-refractivity contribution in [1.82, 2.24) is 5.32 Å². The van der Waals surface area contributed by atoms with E-state index in [-0.39, 0.29) is 24.4 Å². The molecule has 4 heteroatoms. The first-order valence-corrected chi connectivity index (χ1v) is 3.95. The average Bonchev–Trinajstić information content (AvgIpc) is 1.97. The molecule has 0 atom stereocenters. The summed E-state index contributed by atoms with van der Waals surface area (Å²) in [5.74, 6) is -0.460. The Kier molecular flexibility index (Phi) is 5.08. The lowest BCUT2D eigenvalue weighted by Gasteiger charge is -2.06. The van der Waals surface area contributed by atoms with E-state index in [9.17, 15) is 9.59 Å². The summed E-state index contributed by atoms with van der Waals surface area (Å²) in [4.78, 5) is 21.2. The minimum Gasteiger partial charge on any atom is -0.464 e. The fraction of sp³-hybridized carbons (Fsp3) is 0.750. The van der Waals surface area contributed by atoms with E-state index in [1.54, 1.807) is 13.8 Å². The highest BCUT2D eigenvalue weighted by molar-refractivity contribution is 5.73. The molecule has 1 N–H and O–H groups in total. The van der Waals surface area contributed by atoms with Gasteiger partial charge in [0.05, 0.1) is 12.5 Å². The lowest BCUT2D eigenvalue weighted by molar-refractivity contribution is -0.147. The summed E-state index contributed by atoms with van der Waals surface area (Å²) in [5, 5.41) is 2.52. The van der Waals surface area contributed by atoms with E-state index >= 15 is 0 Å². The predicted octanol–water partition coefficient (Wildman–Crippen LogP) is 0.322. The van der Waals surface area contributed by atoms with Crippen molar-refractivity contribution in [3.8, 4) is 0 Å². The number of nitrogens with one attached hydrogen (secondary N) is 1. The Labute approximate surface area is 72.3 Å². The molecule has 12 heavy (non-hydrogen) atoms. The Balaban J connectivity index is 3.32. The van der Waals surface area contributed by atoms with Crippen LogP contribution in [0.25, 0.3) is 0 Å². The first kappa shape index (κ1) is 10.9. The van der Waals surface area contributed by atoms with Gasteiger partial charge in [-0.3, -0.25) is 9.59 Å². The molecule has 0 aliphatic rings. The molecule has 1 amide bonds. The summed E-state index contributed by atoms with van der Waals surface area (Å²) in [6, 6.07) is 0. The highest BCUT2D eigenvalue weighted by Crippen LogP contribution is 1.94. The van der Waals surface area contributed by atoms with Crippen molar-refractivity contribution < 1.29 is 14.3 Å². The van der Waals surface area contributed by atoms with Crippen LogP contribution in [0.4, 0.5) is 0 Å². The SMILES string of the molecule is CC(=O)NCCOC(=O)C(C)C. The van der Waals surface area contributed by atoms with Gasteiger partial charge in [-0.15, -0.1) is 0 Å². The average molecular weight is 173 g/mol. The van der Waals surface area contributed by atoms with Crippen molar-refractivity contribution in [2.24, 2.45) is 5.92 Å². The van der Waals surface area contributed by atoms with Crippen molar-refractivity contribution in [2.75, 3.05) is 13.2 Å². The molecule has 0 saturated carbocycles. The number of rotatable bonds is 4. The van der Waals surface area contributed by atoms with Crippen molar-refractivity contribution in [3.63, 3.8) is 0 Å². The van der Waals surface area contributed by atoms with Crippen molar-refractivity contribution in [1.29, 1.82) is 0 Å². The fourth-order valence-electron chi connectivity index (χ4n) is 0.545. The first-order valence-electron chi connectivity index (χ1n) is 3.95. The minimum atomic E-state index is -0.236. The van der Waals surface area contributed by atoms with Crippen molar-refractivity contribution in [3.05, 3.63) is 0 Å². The smallest absolute Gasteiger partial charge is 0.308 e. The van der Waals surface area contributed by atoms with Crippen LogP contribution in [-0.4, -0.2) is 25.0 Å². The van der Waals surface area contributed by atoms with Gasteiger partial charge in [0.2, 0.25) is 5.91 Å². The molecule has 0 aliphatic carbocycles. The number of amides is 1. The molecule has 0 rings (SSSR count). The second kappa shape index (κ2) is 5.57. The van der Waals surface area contributed by atoms with Crippen LogP contribution < -0.4 is 5.32 Å². The zero-order chi connectivity index (χ0) is 9.56. The molecule has 0 aromatic heterocycles. The Hall–Kier alpha value is -1.06. The molecular weight excluding hydrogens is 158 g/mol. The van der Waals surface area contributed by atoms with Crippen LogP contribution in [0.5, 0.6) is 0 Å². The van der Waals surface area contributed by atoms with E-state index in [2.05, 4.69) is 5.32 Å². The van der Waals surface area contributed by atoms with Gasteiger partial charge < -0.3 is 10.1 Å². The highest BCUT2D eigenvalue weighted by Gasteiger charge is 2.06. The molecule has 0 aromatic rings. The monoisotopic (exact) mass is 173 g/mol. The molecule has 0 aromatic carbocycles. The quantitative estimate of drug-likeness (QED) is 0.492. The maximum atomic E-state index is 10.9. The number of hydrogen-bond acceptors (Lipinski definition) is 3. The molecule has 0 fully saturated rings. The lowest BCUT2D eigenvalue weighted by Crippen LogP contribution is -2.26. The Morgan fingerprint density at radius 1 is 1.42 bits per heavy atom. The van der Waals surface area contributed by atoms with Gasteiger partial charge in [-0.25, -0.2) is 0 Å². The molecule has 4 nitrogen and oxygen atoms in total. The van der Waals surface area contributed by atoms with Crippen molar-refractivity contribution in [2.45, 2.75) is 20.8 Å². The molecule has 0 aliphatic heterocycles. The molecule has 0 spiro atoms. The number of carbonyl (C=O) groups is 2. The number of esters is 1.